The quantitative estimate of drug-likeness (QED) is 0.573. The number of aliphatic hydroxyl groups excluding tert-OH is 3. The second kappa shape index (κ2) is 5.69. The SMILES string of the molecule is COc1nc(OC)c2[nH]cc([C@H]3O[C@H](CO)[C@@H](O)[C@H]3O)c2n1. The number of nitrogens with one attached hydrogen (secondary N) is 1. The average Bonchev–Trinajstić information content (AvgIpc) is 3.08. The van der Waals surface area contributed by atoms with Crippen molar-refractivity contribution in [2.24, 2.45) is 0 Å². The molecule has 3 rings (SSSR count). The van der Waals surface area contributed by atoms with Crippen LogP contribution in [0.15, 0.2) is 6.20 Å². The van der Waals surface area contributed by atoms with Gasteiger partial charge in [-0.2, -0.15) is 9.97 Å². The summed E-state index contributed by atoms with van der Waals surface area (Å²) in [6.45, 7) is -0.390. The molecule has 4 atom stereocenters. The molecule has 2 aromatic heterocycles. The van der Waals surface area contributed by atoms with Crippen molar-refractivity contribution in [1.82, 2.24) is 15.0 Å². The highest BCUT2D eigenvalue weighted by Gasteiger charge is 2.44. The molecule has 4 N–H and O–H groups in total. The lowest BCUT2D eigenvalue weighted by molar-refractivity contribution is -0.0224. The molecule has 22 heavy (non-hydrogen) atoms. The van der Waals surface area contributed by atoms with Crippen LogP contribution in [0.5, 0.6) is 11.9 Å². The van der Waals surface area contributed by atoms with Gasteiger partial charge in [0.2, 0.25) is 5.88 Å². The van der Waals surface area contributed by atoms with E-state index in [1.807, 2.05) is 0 Å². The number of rotatable bonds is 4. The predicted molar refractivity (Wildman–Crippen MR) is 73.7 cm³/mol. The Kier molecular flexibility index (Phi) is 3.87. The van der Waals surface area contributed by atoms with E-state index < -0.39 is 31.0 Å². The molecule has 0 amide bonds. The Morgan fingerprint density at radius 1 is 1.23 bits per heavy atom. The molecule has 0 unspecified atom stereocenters. The van der Waals surface area contributed by atoms with Gasteiger partial charge in [0.1, 0.15) is 35.4 Å². The molecule has 0 spiro atoms. The molecule has 1 fully saturated rings. The number of aromatic amines is 1. The number of H-pyrrole nitrogens is 1. The van der Waals surface area contributed by atoms with Gasteiger partial charge in [0.25, 0.3) is 0 Å². The van der Waals surface area contributed by atoms with E-state index in [2.05, 4.69) is 15.0 Å². The third-order valence-corrected chi connectivity index (χ3v) is 3.73. The number of fused-ring (bicyclic) bond motifs is 1. The van der Waals surface area contributed by atoms with Crippen LogP contribution in [0, 0.1) is 0 Å². The molecule has 0 aliphatic carbocycles. The molecule has 3 heterocycles. The third-order valence-electron chi connectivity index (χ3n) is 3.73. The first-order valence-electron chi connectivity index (χ1n) is 6.70. The van der Waals surface area contributed by atoms with Gasteiger partial charge in [-0.3, -0.25) is 0 Å². The monoisotopic (exact) mass is 311 g/mol. The van der Waals surface area contributed by atoms with Gasteiger partial charge in [-0.25, -0.2) is 0 Å². The van der Waals surface area contributed by atoms with E-state index in [1.165, 1.54) is 14.2 Å². The van der Waals surface area contributed by atoms with E-state index in [4.69, 9.17) is 14.2 Å². The Balaban J connectivity index is 2.08. The largest absolute Gasteiger partial charge is 0.479 e. The van der Waals surface area contributed by atoms with Gasteiger partial charge in [0, 0.05) is 11.8 Å². The molecule has 0 radical (unpaired) electrons. The van der Waals surface area contributed by atoms with Crippen molar-refractivity contribution >= 4 is 11.0 Å². The molecule has 1 saturated heterocycles. The number of hydrogen-bond donors (Lipinski definition) is 4. The molecule has 120 valence electrons. The van der Waals surface area contributed by atoms with E-state index in [1.54, 1.807) is 6.20 Å². The molecular weight excluding hydrogens is 294 g/mol. The van der Waals surface area contributed by atoms with Crippen molar-refractivity contribution in [3.8, 4) is 11.9 Å². The van der Waals surface area contributed by atoms with E-state index in [-0.39, 0.29) is 6.01 Å². The molecule has 0 bridgehead atoms. The van der Waals surface area contributed by atoms with E-state index in [0.29, 0.717) is 22.5 Å². The molecule has 1 aliphatic rings. The summed E-state index contributed by atoms with van der Waals surface area (Å²) < 4.78 is 15.7. The molecule has 2 aromatic rings. The minimum absolute atomic E-state index is 0.108. The first-order valence-corrected chi connectivity index (χ1v) is 6.70. The van der Waals surface area contributed by atoms with E-state index in [9.17, 15) is 15.3 Å². The van der Waals surface area contributed by atoms with E-state index in [0.717, 1.165) is 0 Å². The Labute approximate surface area is 125 Å². The fourth-order valence-corrected chi connectivity index (χ4v) is 2.59. The van der Waals surface area contributed by atoms with Gasteiger partial charge in [0.15, 0.2) is 0 Å². The van der Waals surface area contributed by atoms with Crippen LogP contribution < -0.4 is 9.47 Å². The predicted octanol–water partition coefficient (Wildman–Crippen LogP) is -0.871. The zero-order valence-electron chi connectivity index (χ0n) is 12.1. The van der Waals surface area contributed by atoms with Crippen molar-refractivity contribution in [3.05, 3.63) is 11.8 Å². The summed E-state index contributed by atoms with van der Waals surface area (Å²) in [5, 5.41) is 29.2. The highest BCUT2D eigenvalue weighted by Crippen LogP contribution is 2.38. The summed E-state index contributed by atoms with van der Waals surface area (Å²) in [5.41, 5.74) is 1.51. The smallest absolute Gasteiger partial charge is 0.320 e. The van der Waals surface area contributed by atoms with Gasteiger partial charge >= 0.3 is 6.01 Å². The normalized spacial score (nSPS) is 28.2. The zero-order valence-corrected chi connectivity index (χ0v) is 12.1. The summed E-state index contributed by atoms with van der Waals surface area (Å²) in [6, 6.07) is 0.108. The van der Waals surface area contributed by atoms with Crippen molar-refractivity contribution < 1.29 is 29.5 Å². The van der Waals surface area contributed by atoms with Crippen LogP contribution in [-0.2, 0) is 4.74 Å². The summed E-state index contributed by atoms with van der Waals surface area (Å²) in [4.78, 5) is 11.3. The number of hydrogen-bond acceptors (Lipinski definition) is 8. The lowest BCUT2D eigenvalue weighted by Gasteiger charge is -2.13. The van der Waals surface area contributed by atoms with Crippen molar-refractivity contribution in [1.29, 1.82) is 0 Å². The van der Waals surface area contributed by atoms with E-state index >= 15 is 0 Å². The Bertz CT molecular complexity index is 675. The Morgan fingerprint density at radius 3 is 2.59 bits per heavy atom. The maximum Gasteiger partial charge on any atom is 0.320 e. The topological polar surface area (TPSA) is 130 Å². The fourth-order valence-electron chi connectivity index (χ4n) is 2.59. The third kappa shape index (κ3) is 2.18. The van der Waals surface area contributed by atoms with Gasteiger partial charge in [-0.1, -0.05) is 0 Å². The molecular formula is C13H17N3O6. The minimum atomic E-state index is -1.18. The fraction of sp³-hybridized carbons (Fsp3) is 0.538. The number of aromatic nitrogens is 3. The van der Waals surface area contributed by atoms with Gasteiger partial charge < -0.3 is 34.5 Å². The molecule has 0 saturated carbocycles. The minimum Gasteiger partial charge on any atom is -0.479 e. The number of nitrogens with zero attached hydrogens (tertiary/aromatic N) is 2. The first-order chi connectivity index (χ1) is 10.6. The van der Waals surface area contributed by atoms with Crippen molar-refractivity contribution in [3.63, 3.8) is 0 Å². The lowest BCUT2D eigenvalue weighted by atomic mass is 10.0. The highest BCUT2D eigenvalue weighted by atomic mass is 16.6. The summed E-state index contributed by atoms with van der Waals surface area (Å²) >= 11 is 0. The summed E-state index contributed by atoms with van der Waals surface area (Å²) in [5.74, 6) is 0.292. The van der Waals surface area contributed by atoms with Crippen LogP contribution >= 0.6 is 0 Å². The number of ether oxygens (including phenoxy) is 3. The molecule has 9 heteroatoms. The van der Waals surface area contributed by atoms with Crippen LogP contribution in [0.4, 0.5) is 0 Å². The van der Waals surface area contributed by atoms with Crippen LogP contribution in [-0.4, -0.2) is 69.4 Å². The standard InChI is InChI=1S/C13H17N3O6/c1-20-12-8-7(15-13(16-12)21-2)5(3-14-8)11-10(19)9(18)6(4-17)22-11/h3,6,9-11,14,17-19H,4H2,1-2H3/t6-,9-,10-,11-/m1/s1. The zero-order chi connectivity index (χ0) is 15.9. The number of aliphatic hydroxyl groups is 3. The van der Waals surface area contributed by atoms with Crippen LogP contribution in [0.3, 0.4) is 0 Å². The maximum atomic E-state index is 10.1. The first kappa shape index (κ1) is 15.0. The Morgan fingerprint density at radius 2 is 2.00 bits per heavy atom. The maximum absolute atomic E-state index is 10.1. The van der Waals surface area contributed by atoms with Crippen LogP contribution in [0.25, 0.3) is 11.0 Å². The number of methoxy groups -OCH3 is 2. The second-order valence-electron chi connectivity index (χ2n) is 4.95. The van der Waals surface area contributed by atoms with Crippen molar-refractivity contribution in [2.45, 2.75) is 24.4 Å². The Hall–Kier alpha value is -1.94. The molecule has 1 aliphatic heterocycles. The van der Waals surface area contributed by atoms with Gasteiger partial charge in [-0.15, -0.1) is 0 Å². The summed E-state index contributed by atoms with van der Waals surface area (Å²) in [6.07, 6.45) is -2.43. The highest BCUT2D eigenvalue weighted by molar-refractivity contribution is 5.84. The van der Waals surface area contributed by atoms with Crippen LogP contribution in [0.1, 0.15) is 11.7 Å². The van der Waals surface area contributed by atoms with Gasteiger partial charge in [-0.05, 0) is 0 Å². The van der Waals surface area contributed by atoms with Gasteiger partial charge in [0.05, 0.1) is 20.8 Å². The lowest BCUT2D eigenvalue weighted by Crippen LogP contribution is -2.32. The van der Waals surface area contributed by atoms with Crippen molar-refractivity contribution in [2.75, 3.05) is 20.8 Å². The van der Waals surface area contributed by atoms with Crippen LogP contribution in [0.2, 0.25) is 0 Å². The summed E-state index contributed by atoms with van der Waals surface area (Å²) in [7, 11) is 2.90. The average molecular weight is 311 g/mol. The second-order valence-corrected chi connectivity index (χ2v) is 4.95. The molecule has 9 nitrogen and oxygen atoms in total. The molecule has 0 aromatic carbocycles.